The van der Waals surface area contributed by atoms with E-state index in [0.29, 0.717) is 12.3 Å². The number of carbonyl (C=O) groups is 2. The number of hydrogen-bond donors (Lipinski definition) is 1. The molecular formula is C20H25F3N4O4. The van der Waals surface area contributed by atoms with E-state index in [9.17, 15) is 18.0 Å². The summed E-state index contributed by atoms with van der Waals surface area (Å²) in [5, 5.41) is 7.12. The molecule has 2 aliphatic rings. The number of carboxylic acid groups (broad SMARTS) is 1. The third-order valence-electron chi connectivity index (χ3n) is 5.25. The Morgan fingerprint density at radius 2 is 1.81 bits per heavy atom. The van der Waals surface area contributed by atoms with Gasteiger partial charge in [0.25, 0.3) is 5.91 Å². The van der Waals surface area contributed by atoms with Crippen molar-refractivity contribution in [1.29, 1.82) is 0 Å². The summed E-state index contributed by atoms with van der Waals surface area (Å²) in [6.07, 6.45) is 0.348. The molecular weight excluding hydrogens is 417 g/mol. The van der Waals surface area contributed by atoms with Crippen molar-refractivity contribution in [1.82, 2.24) is 19.4 Å². The van der Waals surface area contributed by atoms with Crippen LogP contribution in [0.3, 0.4) is 0 Å². The highest BCUT2D eigenvalue weighted by Gasteiger charge is 2.38. The van der Waals surface area contributed by atoms with Crippen LogP contribution < -0.4 is 0 Å². The molecule has 0 atom stereocenters. The first kappa shape index (κ1) is 22.9. The molecule has 0 aliphatic carbocycles. The number of aryl methyl sites for hydroxylation is 2. The molecule has 0 spiro atoms. The van der Waals surface area contributed by atoms with Crippen molar-refractivity contribution in [2.75, 3.05) is 19.6 Å². The van der Waals surface area contributed by atoms with E-state index in [1.807, 2.05) is 24.2 Å². The fourth-order valence-electron chi connectivity index (χ4n) is 3.68. The van der Waals surface area contributed by atoms with Crippen molar-refractivity contribution in [3.8, 4) is 0 Å². The maximum Gasteiger partial charge on any atom is 0.490 e. The summed E-state index contributed by atoms with van der Waals surface area (Å²) in [7, 11) is 0. The minimum absolute atomic E-state index is 0.0233. The van der Waals surface area contributed by atoms with Crippen molar-refractivity contribution in [2.24, 2.45) is 0 Å². The molecule has 4 heterocycles. The van der Waals surface area contributed by atoms with Crippen LogP contribution in [-0.2, 0) is 24.4 Å². The third-order valence-corrected chi connectivity index (χ3v) is 5.25. The molecule has 1 fully saturated rings. The summed E-state index contributed by atoms with van der Waals surface area (Å²) in [4.78, 5) is 30.6. The van der Waals surface area contributed by atoms with E-state index in [1.54, 1.807) is 6.07 Å². The lowest BCUT2D eigenvalue weighted by Gasteiger charge is -2.20. The van der Waals surface area contributed by atoms with Crippen molar-refractivity contribution < 1.29 is 32.3 Å². The number of aromatic nitrogens is 2. The zero-order valence-electron chi connectivity index (χ0n) is 17.2. The Labute approximate surface area is 177 Å². The van der Waals surface area contributed by atoms with Crippen LogP contribution in [0.5, 0.6) is 0 Å². The van der Waals surface area contributed by atoms with E-state index in [1.165, 1.54) is 18.5 Å². The van der Waals surface area contributed by atoms with Crippen LogP contribution in [0, 0.1) is 6.92 Å². The van der Waals surface area contributed by atoms with E-state index in [0.717, 1.165) is 50.6 Å². The second kappa shape index (κ2) is 9.54. The number of furan rings is 1. The fraction of sp³-hybridized carbons (Fsp3) is 0.550. The Morgan fingerprint density at radius 1 is 1.13 bits per heavy atom. The molecule has 0 saturated carbocycles. The van der Waals surface area contributed by atoms with Crippen molar-refractivity contribution in [3.05, 3.63) is 41.4 Å². The van der Waals surface area contributed by atoms with Crippen LogP contribution in [0.1, 0.15) is 47.0 Å². The van der Waals surface area contributed by atoms with E-state index >= 15 is 0 Å². The van der Waals surface area contributed by atoms with E-state index in [4.69, 9.17) is 14.3 Å². The number of halogens is 3. The van der Waals surface area contributed by atoms with Gasteiger partial charge in [0, 0.05) is 19.6 Å². The van der Waals surface area contributed by atoms with Gasteiger partial charge in [0.05, 0.1) is 24.3 Å². The van der Waals surface area contributed by atoms with Crippen LogP contribution in [0.15, 0.2) is 22.9 Å². The van der Waals surface area contributed by atoms with Crippen molar-refractivity contribution in [3.63, 3.8) is 0 Å². The number of carboxylic acids is 1. The summed E-state index contributed by atoms with van der Waals surface area (Å²) < 4.78 is 39.5. The smallest absolute Gasteiger partial charge is 0.475 e. The summed E-state index contributed by atoms with van der Waals surface area (Å²) >= 11 is 0. The Kier molecular flexibility index (Phi) is 7.04. The Bertz CT molecular complexity index is 916. The second-order valence-electron chi connectivity index (χ2n) is 7.61. The standard InChI is InChI=1S/C18H24N4O2.C2HF3O2/c1-14-5-6-17(24-14)18(23)21-9-4-10-22-13-19-15(16(22)12-21)11-20-7-2-3-8-20;3-2(4,5)1(6)7/h5-6,13H,2-4,7-12H2,1H3;(H,6,7). The molecule has 2 aromatic heterocycles. The van der Waals surface area contributed by atoms with E-state index in [2.05, 4.69) is 14.5 Å². The molecule has 11 heteroatoms. The average Bonchev–Trinajstić information content (AvgIpc) is 3.41. The zero-order chi connectivity index (χ0) is 22.6. The van der Waals surface area contributed by atoms with Crippen molar-refractivity contribution in [2.45, 2.75) is 52.0 Å². The molecule has 4 rings (SSSR count). The van der Waals surface area contributed by atoms with Gasteiger partial charge >= 0.3 is 12.1 Å². The van der Waals surface area contributed by atoms with Crippen LogP contribution in [0.2, 0.25) is 0 Å². The van der Waals surface area contributed by atoms with Crippen LogP contribution in [0.4, 0.5) is 13.2 Å². The molecule has 2 aliphatic heterocycles. The number of hydrogen-bond acceptors (Lipinski definition) is 5. The van der Waals surface area contributed by atoms with Gasteiger partial charge in [0.2, 0.25) is 0 Å². The minimum Gasteiger partial charge on any atom is -0.475 e. The molecule has 8 nitrogen and oxygen atoms in total. The Balaban J connectivity index is 0.000000339. The SMILES string of the molecule is Cc1ccc(C(=O)N2CCCn3cnc(CN4CCCC4)c3C2)o1.O=C(O)C(F)(F)F. The predicted molar refractivity (Wildman–Crippen MR) is 103 cm³/mol. The molecule has 0 unspecified atom stereocenters. The number of amides is 1. The molecule has 1 amide bonds. The number of carbonyl (C=O) groups excluding carboxylic acids is 1. The molecule has 1 saturated heterocycles. The molecule has 0 bridgehead atoms. The largest absolute Gasteiger partial charge is 0.490 e. The molecule has 0 radical (unpaired) electrons. The topological polar surface area (TPSA) is 91.8 Å². The molecule has 31 heavy (non-hydrogen) atoms. The second-order valence-corrected chi connectivity index (χ2v) is 7.61. The molecule has 170 valence electrons. The van der Waals surface area contributed by atoms with Gasteiger partial charge in [-0.3, -0.25) is 9.69 Å². The first-order chi connectivity index (χ1) is 14.6. The zero-order valence-corrected chi connectivity index (χ0v) is 17.2. The first-order valence-electron chi connectivity index (χ1n) is 10.1. The fourth-order valence-corrected chi connectivity index (χ4v) is 3.68. The number of nitrogens with zero attached hydrogens (tertiary/aromatic N) is 4. The highest BCUT2D eigenvalue weighted by Crippen LogP contribution is 2.21. The predicted octanol–water partition coefficient (Wildman–Crippen LogP) is 3.06. The van der Waals surface area contributed by atoms with Gasteiger partial charge in [-0.15, -0.1) is 0 Å². The lowest BCUT2D eigenvalue weighted by molar-refractivity contribution is -0.192. The van der Waals surface area contributed by atoms with Gasteiger partial charge in [0.1, 0.15) is 5.76 Å². The number of rotatable bonds is 3. The van der Waals surface area contributed by atoms with E-state index in [-0.39, 0.29) is 5.91 Å². The third kappa shape index (κ3) is 5.87. The van der Waals surface area contributed by atoms with Gasteiger partial charge in [-0.2, -0.15) is 13.2 Å². The summed E-state index contributed by atoms with van der Waals surface area (Å²) in [5.41, 5.74) is 2.29. The van der Waals surface area contributed by atoms with Crippen LogP contribution in [0.25, 0.3) is 0 Å². The maximum atomic E-state index is 12.7. The summed E-state index contributed by atoms with van der Waals surface area (Å²) in [5.74, 6) is -1.58. The summed E-state index contributed by atoms with van der Waals surface area (Å²) in [6.45, 7) is 7.35. The number of aliphatic carboxylic acids is 1. The Hall–Kier alpha value is -2.82. The van der Waals surface area contributed by atoms with Crippen molar-refractivity contribution >= 4 is 11.9 Å². The number of imidazole rings is 1. The first-order valence-corrected chi connectivity index (χ1v) is 10.1. The van der Waals surface area contributed by atoms with Gasteiger partial charge < -0.3 is 19.0 Å². The van der Waals surface area contributed by atoms with Gasteiger partial charge in [-0.05, 0) is 51.4 Å². The molecule has 2 aromatic rings. The highest BCUT2D eigenvalue weighted by molar-refractivity contribution is 5.91. The average molecular weight is 442 g/mol. The lowest BCUT2D eigenvalue weighted by Crippen LogP contribution is -2.31. The highest BCUT2D eigenvalue weighted by atomic mass is 19.4. The van der Waals surface area contributed by atoms with Crippen LogP contribution >= 0.6 is 0 Å². The van der Waals surface area contributed by atoms with Gasteiger partial charge in [-0.1, -0.05) is 0 Å². The normalized spacial score (nSPS) is 17.0. The number of likely N-dealkylation sites (tertiary alicyclic amines) is 1. The lowest BCUT2D eigenvalue weighted by atomic mass is 10.2. The van der Waals surface area contributed by atoms with Gasteiger partial charge in [0.15, 0.2) is 5.76 Å². The monoisotopic (exact) mass is 442 g/mol. The quantitative estimate of drug-likeness (QED) is 0.786. The van der Waals surface area contributed by atoms with Crippen LogP contribution in [-0.4, -0.2) is 62.1 Å². The maximum absolute atomic E-state index is 12.7. The van der Waals surface area contributed by atoms with E-state index < -0.39 is 12.1 Å². The van der Waals surface area contributed by atoms with Gasteiger partial charge in [-0.25, -0.2) is 9.78 Å². The minimum atomic E-state index is -5.08. The molecule has 1 N–H and O–H groups in total. The Morgan fingerprint density at radius 3 is 2.39 bits per heavy atom. The molecule has 0 aromatic carbocycles. The summed E-state index contributed by atoms with van der Waals surface area (Å²) in [6, 6.07) is 3.61. The number of alkyl halides is 3. The number of fused-ring (bicyclic) bond motifs is 1.